The van der Waals surface area contributed by atoms with Gasteiger partial charge in [0, 0.05) is 6.54 Å². The van der Waals surface area contributed by atoms with Gasteiger partial charge >= 0.3 is 0 Å². The molecule has 1 fully saturated rings. The van der Waals surface area contributed by atoms with Crippen molar-refractivity contribution >= 4 is 11.6 Å². The quantitative estimate of drug-likeness (QED) is 0.552. The van der Waals surface area contributed by atoms with Crippen molar-refractivity contribution in [1.29, 1.82) is 0 Å². The Hall–Kier alpha value is -1.71. The van der Waals surface area contributed by atoms with E-state index in [1.807, 2.05) is 0 Å². The van der Waals surface area contributed by atoms with E-state index in [-0.39, 0.29) is 28.3 Å². The predicted octanol–water partition coefficient (Wildman–Crippen LogP) is 1.89. The van der Waals surface area contributed by atoms with E-state index in [0.717, 1.165) is 12.8 Å². The summed E-state index contributed by atoms with van der Waals surface area (Å²) in [6, 6.07) is 4.80. The van der Waals surface area contributed by atoms with Crippen molar-refractivity contribution in [2.45, 2.75) is 26.2 Å². The molecule has 0 unspecified atom stereocenters. The van der Waals surface area contributed by atoms with E-state index in [2.05, 4.69) is 12.2 Å². The lowest BCUT2D eigenvalue weighted by atomic mass is 9.70. The summed E-state index contributed by atoms with van der Waals surface area (Å²) >= 11 is 0. The molecule has 1 aliphatic carbocycles. The molecule has 0 aliphatic heterocycles. The Bertz CT molecular complexity index is 439. The van der Waals surface area contributed by atoms with E-state index < -0.39 is 0 Å². The van der Waals surface area contributed by atoms with E-state index in [1.54, 1.807) is 18.2 Å². The van der Waals surface area contributed by atoms with Gasteiger partial charge in [-0.1, -0.05) is 19.4 Å². The minimum atomic E-state index is -0.261. The molecule has 1 aromatic carbocycles. The zero-order valence-electron chi connectivity index (χ0n) is 9.99. The minimum Gasteiger partial charge on any atom is -0.505 e. The number of phenols is 1. The number of carbonyl (C=O) groups is 1. The van der Waals surface area contributed by atoms with Crippen LogP contribution in [0.4, 0.5) is 5.69 Å². The van der Waals surface area contributed by atoms with Gasteiger partial charge in [-0.2, -0.15) is 0 Å². The molecule has 0 aromatic heterocycles. The first-order valence-electron chi connectivity index (χ1n) is 5.87. The van der Waals surface area contributed by atoms with E-state index in [1.165, 1.54) is 6.42 Å². The van der Waals surface area contributed by atoms with Gasteiger partial charge in [0.05, 0.1) is 11.3 Å². The fraction of sp³-hybridized carbons (Fsp3) is 0.462. The number of anilines is 1. The number of hydrogen-bond acceptors (Lipinski definition) is 3. The van der Waals surface area contributed by atoms with Crippen LogP contribution < -0.4 is 11.1 Å². The van der Waals surface area contributed by atoms with Crippen molar-refractivity contribution in [3.8, 4) is 5.75 Å². The zero-order chi connectivity index (χ0) is 12.5. The Morgan fingerprint density at radius 2 is 2.24 bits per heavy atom. The predicted molar refractivity (Wildman–Crippen MR) is 66.8 cm³/mol. The van der Waals surface area contributed by atoms with Gasteiger partial charge in [-0.15, -0.1) is 0 Å². The normalized spacial score (nSPS) is 17.2. The molecular weight excluding hydrogens is 216 g/mol. The van der Waals surface area contributed by atoms with Crippen LogP contribution in [0.1, 0.15) is 36.5 Å². The monoisotopic (exact) mass is 234 g/mol. The maximum absolute atomic E-state index is 11.9. The Morgan fingerprint density at radius 1 is 1.53 bits per heavy atom. The van der Waals surface area contributed by atoms with E-state index in [9.17, 15) is 9.90 Å². The molecule has 92 valence electrons. The zero-order valence-corrected chi connectivity index (χ0v) is 9.99. The van der Waals surface area contributed by atoms with Gasteiger partial charge in [0.1, 0.15) is 0 Å². The summed E-state index contributed by atoms with van der Waals surface area (Å²) in [5, 5.41) is 12.5. The maximum atomic E-state index is 11.9. The SMILES string of the molecule is CC1(CNC(=O)c2cccc(N)c2O)CCC1. The minimum absolute atomic E-state index is 0.135. The molecule has 1 aromatic rings. The highest BCUT2D eigenvalue weighted by molar-refractivity contribution is 5.98. The topological polar surface area (TPSA) is 75.4 Å². The molecule has 0 radical (unpaired) electrons. The van der Waals surface area contributed by atoms with Crippen LogP contribution >= 0.6 is 0 Å². The molecule has 0 atom stereocenters. The first kappa shape index (κ1) is 11.8. The Kier molecular flexibility index (Phi) is 2.96. The molecule has 4 nitrogen and oxygen atoms in total. The van der Waals surface area contributed by atoms with Crippen LogP contribution in [0.5, 0.6) is 5.75 Å². The van der Waals surface area contributed by atoms with Crippen molar-refractivity contribution in [2.24, 2.45) is 5.41 Å². The molecule has 0 heterocycles. The molecular formula is C13H18N2O2. The summed E-state index contributed by atoms with van der Waals surface area (Å²) in [5.41, 5.74) is 6.25. The molecule has 1 saturated carbocycles. The molecule has 4 heteroatoms. The number of rotatable bonds is 3. The van der Waals surface area contributed by atoms with E-state index in [0.29, 0.717) is 6.54 Å². The summed E-state index contributed by atoms with van der Waals surface area (Å²) in [6.45, 7) is 2.82. The molecule has 17 heavy (non-hydrogen) atoms. The highest BCUT2D eigenvalue weighted by atomic mass is 16.3. The number of nitrogens with two attached hydrogens (primary N) is 1. The second kappa shape index (κ2) is 4.28. The number of aromatic hydroxyl groups is 1. The molecule has 1 amide bonds. The average Bonchev–Trinajstić information content (AvgIpc) is 2.27. The number of benzene rings is 1. The summed E-state index contributed by atoms with van der Waals surface area (Å²) in [6.07, 6.45) is 3.53. The average molecular weight is 234 g/mol. The third-order valence-electron chi connectivity index (χ3n) is 3.55. The van der Waals surface area contributed by atoms with Crippen LogP contribution in [0, 0.1) is 5.41 Å². The van der Waals surface area contributed by atoms with Gasteiger partial charge < -0.3 is 16.2 Å². The third kappa shape index (κ3) is 2.35. The van der Waals surface area contributed by atoms with Gasteiger partial charge in [-0.3, -0.25) is 4.79 Å². The van der Waals surface area contributed by atoms with Crippen molar-refractivity contribution in [2.75, 3.05) is 12.3 Å². The largest absolute Gasteiger partial charge is 0.505 e. The molecule has 1 aliphatic rings. The summed E-state index contributed by atoms with van der Waals surface area (Å²) < 4.78 is 0. The summed E-state index contributed by atoms with van der Waals surface area (Å²) in [7, 11) is 0. The molecule has 2 rings (SSSR count). The maximum Gasteiger partial charge on any atom is 0.255 e. The van der Waals surface area contributed by atoms with Crippen LogP contribution in [-0.4, -0.2) is 17.6 Å². The highest BCUT2D eigenvalue weighted by Gasteiger charge is 2.32. The summed E-state index contributed by atoms with van der Waals surface area (Å²) in [4.78, 5) is 11.9. The summed E-state index contributed by atoms with van der Waals surface area (Å²) in [5.74, 6) is -0.397. The number of para-hydroxylation sites is 1. The smallest absolute Gasteiger partial charge is 0.255 e. The highest BCUT2D eigenvalue weighted by Crippen LogP contribution is 2.39. The molecule has 0 spiro atoms. The number of amides is 1. The lowest BCUT2D eigenvalue weighted by molar-refractivity contribution is 0.0888. The molecule has 0 saturated heterocycles. The Morgan fingerprint density at radius 3 is 2.82 bits per heavy atom. The third-order valence-corrected chi connectivity index (χ3v) is 3.55. The number of carbonyl (C=O) groups excluding carboxylic acids is 1. The fourth-order valence-corrected chi connectivity index (χ4v) is 2.09. The molecule has 4 N–H and O–H groups in total. The van der Waals surface area contributed by atoms with Gasteiger partial charge in [0.25, 0.3) is 5.91 Å². The van der Waals surface area contributed by atoms with Crippen molar-refractivity contribution < 1.29 is 9.90 Å². The van der Waals surface area contributed by atoms with Gasteiger partial charge in [0.15, 0.2) is 5.75 Å². The number of hydrogen-bond donors (Lipinski definition) is 3. The Labute approximate surface area is 101 Å². The van der Waals surface area contributed by atoms with Gasteiger partial charge in [0.2, 0.25) is 0 Å². The Balaban J connectivity index is 2.02. The second-order valence-corrected chi connectivity index (χ2v) is 5.09. The number of nitrogens with one attached hydrogen (secondary N) is 1. The van der Waals surface area contributed by atoms with E-state index >= 15 is 0 Å². The van der Waals surface area contributed by atoms with E-state index in [4.69, 9.17) is 5.73 Å². The van der Waals surface area contributed by atoms with Gasteiger partial charge in [-0.25, -0.2) is 0 Å². The van der Waals surface area contributed by atoms with Crippen LogP contribution in [0.3, 0.4) is 0 Å². The first-order valence-corrected chi connectivity index (χ1v) is 5.87. The van der Waals surface area contributed by atoms with Crippen LogP contribution in [0.15, 0.2) is 18.2 Å². The first-order chi connectivity index (χ1) is 8.02. The number of nitrogen functional groups attached to an aromatic ring is 1. The van der Waals surface area contributed by atoms with Crippen molar-refractivity contribution in [3.05, 3.63) is 23.8 Å². The van der Waals surface area contributed by atoms with Gasteiger partial charge in [-0.05, 0) is 30.4 Å². The fourth-order valence-electron chi connectivity index (χ4n) is 2.09. The molecule has 0 bridgehead atoms. The standard InChI is InChI=1S/C13H18N2O2/c1-13(6-3-7-13)8-15-12(17)9-4-2-5-10(14)11(9)16/h2,4-5,16H,3,6-8,14H2,1H3,(H,15,17). The van der Waals surface area contributed by atoms with Crippen LogP contribution in [-0.2, 0) is 0 Å². The van der Waals surface area contributed by atoms with Crippen molar-refractivity contribution in [3.63, 3.8) is 0 Å². The second-order valence-electron chi connectivity index (χ2n) is 5.09. The van der Waals surface area contributed by atoms with Crippen LogP contribution in [0.25, 0.3) is 0 Å². The number of phenolic OH excluding ortho intramolecular Hbond substituents is 1. The van der Waals surface area contributed by atoms with Crippen LogP contribution in [0.2, 0.25) is 0 Å². The lowest BCUT2D eigenvalue weighted by Crippen LogP contribution is -2.39. The van der Waals surface area contributed by atoms with Crippen molar-refractivity contribution in [1.82, 2.24) is 5.32 Å². The lowest BCUT2D eigenvalue weighted by Gasteiger charge is -2.38.